The zero-order valence-corrected chi connectivity index (χ0v) is 19.1. The maximum Gasteiger partial charge on any atom is 0.185 e. The van der Waals surface area contributed by atoms with Crippen molar-refractivity contribution in [1.82, 2.24) is 24.7 Å². The van der Waals surface area contributed by atoms with E-state index in [0.29, 0.717) is 35.6 Å². The summed E-state index contributed by atoms with van der Waals surface area (Å²) in [5, 5.41) is 9.77. The zero-order valence-electron chi connectivity index (χ0n) is 18.3. The molecule has 0 bridgehead atoms. The third-order valence-corrected chi connectivity index (χ3v) is 5.60. The average molecular weight is 483 g/mol. The Hall–Kier alpha value is -4.56. The molecule has 35 heavy (non-hydrogen) atoms. The van der Waals surface area contributed by atoms with Gasteiger partial charge in [0, 0.05) is 16.5 Å². The van der Waals surface area contributed by atoms with Crippen LogP contribution < -0.4 is 5.32 Å². The Morgan fingerprint density at radius 1 is 0.943 bits per heavy atom. The van der Waals surface area contributed by atoms with Gasteiger partial charge in [-0.15, -0.1) is 12.4 Å². The molecule has 4 heterocycles. The lowest BCUT2D eigenvalue weighted by molar-refractivity contribution is 0.110. The van der Waals surface area contributed by atoms with Crippen molar-refractivity contribution in [3.63, 3.8) is 0 Å². The van der Waals surface area contributed by atoms with Crippen molar-refractivity contribution < 1.29 is 9.21 Å². The third kappa shape index (κ3) is 4.34. The first kappa shape index (κ1) is 22.2. The number of halogens is 1. The molecule has 0 unspecified atom stereocenters. The number of nitrogens with zero attached hydrogens (tertiary/aromatic N) is 5. The zero-order chi connectivity index (χ0) is 22.9. The van der Waals surface area contributed by atoms with Crippen LogP contribution in [0.15, 0.2) is 89.9 Å². The molecule has 0 radical (unpaired) electrons. The number of carbonyl (C=O) groups excluding carboxylic acids is 1. The molecule has 0 aliphatic heterocycles. The normalized spacial score (nSPS) is 10.9. The minimum atomic E-state index is 0. The Morgan fingerprint density at radius 2 is 1.83 bits per heavy atom. The average Bonchev–Trinajstić information content (AvgIpc) is 3.52. The Morgan fingerprint density at radius 3 is 2.66 bits per heavy atom. The van der Waals surface area contributed by atoms with Crippen LogP contribution in [0.4, 0.5) is 11.5 Å². The van der Waals surface area contributed by atoms with Crippen LogP contribution in [-0.4, -0.2) is 31.0 Å². The van der Waals surface area contributed by atoms with Crippen molar-refractivity contribution in [1.29, 1.82) is 0 Å². The van der Waals surface area contributed by atoms with Crippen molar-refractivity contribution >= 4 is 52.0 Å². The monoisotopic (exact) mass is 482 g/mol. The molecular weight excluding hydrogens is 464 g/mol. The van der Waals surface area contributed by atoms with Gasteiger partial charge in [-0.1, -0.05) is 30.3 Å². The largest absolute Gasteiger partial charge is 0.452 e. The van der Waals surface area contributed by atoms with E-state index in [4.69, 9.17) is 4.42 Å². The van der Waals surface area contributed by atoms with Crippen molar-refractivity contribution in [2.75, 3.05) is 5.32 Å². The molecule has 0 aliphatic rings. The van der Waals surface area contributed by atoms with E-state index in [1.165, 1.54) is 11.9 Å². The van der Waals surface area contributed by atoms with E-state index in [0.717, 1.165) is 22.0 Å². The lowest BCUT2D eigenvalue weighted by atomic mass is 10.2. The molecule has 0 aliphatic carbocycles. The number of benzene rings is 2. The summed E-state index contributed by atoms with van der Waals surface area (Å²) in [4.78, 5) is 24.1. The number of aromatic nitrogens is 5. The van der Waals surface area contributed by atoms with Gasteiger partial charge in [-0.25, -0.2) is 9.97 Å². The van der Waals surface area contributed by atoms with Crippen molar-refractivity contribution in [2.24, 2.45) is 0 Å². The van der Waals surface area contributed by atoms with Crippen molar-refractivity contribution in [3.8, 4) is 11.5 Å². The van der Waals surface area contributed by atoms with Crippen LogP contribution in [0.3, 0.4) is 0 Å². The minimum Gasteiger partial charge on any atom is -0.452 e. The summed E-state index contributed by atoms with van der Waals surface area (Å²) in [6.45, 7) is 0.710. The lowest BCUT2D eigenvalue weighted by Crippen LogP contribution is -2.01. The Balaban J connectivity index is 0.00000253. The number of nitrogens with one attached hydrogen (secondary N) is 1. The molecule has 0 saturated heterocycles. The Labute approximate surface area is 206 Å². The van der Waals surface area contributed by atoms with E-state index >= 15 is 0 Å². The van der Waals surface area contributed by atoms with Crippen molar-refractivity contribution in [2.45, 2.75) is 6.54 Å². The number of hydrogen-bond acceptors (Lipinski definition) is 7. The maximum atomic E-state index is 11.0. The fraction of sp³-hybridized carbons (Fsp3) is 0.0385. The number of carbonyl (C=O) groups is 1. The van der Waals surface area contributed by atoms with Gasteiger partial charge in [0.1, 0.15) is 17.8 Å². The molecular formula is C26H19ClN6O2. The summed E-state index contributed by atoms with van der Waals surface area (Å²) < 4.78 is 7.51. The molecule has 8 nitrogen and oxygen atoms in total. The van der Waals surface area contributed by atoms with E-state index in [2.05, 4.69) is 37.5 Å². The summed E-state index contributed by atoms with van der Waals surface area (Å²) in [6, 6.07) is 21.5. The number of hydrogen-bond donors (Lipinski definition) is 1. The van der Waals surface area contributed by atoms with Crippen LogP contribution in [0.25, 0.3) is 33.3 Å². The van der Waals surface area contributed by atoms with Crippen LogP contribution >= 0.6 is 12.4 Å². The smallest absolute Gasteiger partial charge is 0.185 e. The highest BCUT2D eigenvalue weighted by molar-refractivity contribution is 5.93. The molecule has 0 spiro atoms. The molecule has 0 saturated carbocycles. The lowest BCUT2D eigenvalue weighted by Gasteiger charge is -2.10. The number of fused-ring (bicyclic) bond motifs is 2. The molecule has 172 valence electrons. The van der Waals surface area contributed by atoms with E-state index in [1.54, 1.807) is 18.3 Å². The topological polar surface area (TPSA) is 98.7 Å². The first-order valence-corrected chi connectivity index (χ1v) is 10.7. The fourth-order valence-corrected chi connectivity index (χ4v) is 3.93. The first-order valence-electron chi connectivity index (χ1n) is 10.7. The fourth-order valence-electron chi connectivity index (χ4n) is 3.93. The van der Waals surface area contributed by atoms with Gasteiger partial charge in [0.2, 0.25) is 0 Å². The Kier molecular flexibility index (Phi) is 5.95. The molecule has 6 aromatic rings. The van der Waals surface area contributed by atoms with Crippen LogP contribution in [-0.2, 0) is 6.54 Å². The van der Waals surface area contributed by atoms with Gasteiger partial charge in [0.15, 0.2) is 17.8 Å². The summed E-state index contributed by atoms with van der Waals surface area (Å²) in [7, 11) is 0. The van der Waals surface area contributed by atoms with Gasteiger partial charge in [-0.2, -0.15) is 5.10 Å². The highest BCUT2D eigenvalue weighted by atomic mass is 35.5. The molecule has 6 rings (SSSR count). The van der Waals surface area contributed by atoms with Gasteiger partial charge in [0.05, 0.1) is 30.0 Å². The van der Waals surface area contributed by atoms with Gasteiger partial charge in [-0.3, -0.25) is 14.5 Å². The summed E-state index contributed by atoms with van der Waals surface area (Å²) in [5.41, 5.74) is 4.42. The first-order chi connectivity index (χ1) is 16.8. The molecule has 9 heteroatoms. The van der Waals surface area contributed by atoms with E-state index in [9.17, 15) is 4.79 Å². The SMILES string of the molecule is Cl.O=Cc1ccc(-c2cc3c(Nc4ccc5c(cnn5Cc5ccccc5)c4)ncnc3cn2)o1. The summed E-state index contributed by atoms with van der Waals surface area (Å²) in [5.74, 6) is 1.40. The maximum absolute atomic E-state index is 11.0. The Bertz CT molecular complexity index is 1640. The van der Waals surface area contributed by atoms with Crippen LogP contribution in [0.2, 0.25) is 0 Å². The van der Waals surface area contributed by atoms with Gasteiger partial charge in [-0.05, 0) is 42.0 Å². The molecule has 0 amide bonds. The van der Waals surface area contributed by atoms with Crippen LogP contribution in [0.5, 0.6) is 0 Å². The second-order valence-corrected chi connectivity index (χ2v) is 7.82. The predicted octanol–water partition coefficient (Wildman–Crippen LogP) is 5.66. The van der Waals surface area contributed by atoms with Crippen LogP contribution in [0, 0.1) is 0 Å². The standard InChI is InChI=1S/C26H18N6O2.ClH/c33-15-20-7-9-25(34-20)22-11-21-23(13-27-22)28-16-29-26(21)31-19-6-8-24-18(10-19)12-30-32(24)14-17-4-2-1-3-5-17;/h1-13,15-16H,14H2,(H,28,29,31);1H. The minimum absolute atomic E-state index is 0. The second-order valence-electron chi connectivity index (χ2n) is 7.82. The van der Waals surface area contributed by atoms with Crippen molar-refractivity contribution in [3.05, 3.63) is 96.8 Å². The quantitative estimate of drug-likeness (QED) is 0.306. The highest BCUT2D eigenvalue weighted by Gasteiger charge is 2.11. The molecule has 4 aromatic heterocycles. The van der Waals surface area contributed by atoms with Gasteiger partial charge in [0.25, 0.3) is 0 Å². The number of anilines is 2. The third-order valence-electron chi connectivity index (χ3n) is 5.60. The van der Waals surface area contributed by atoms with E-state index in [1.807, 2.05) is 53.3 Å². The summed E-state index contributed by atoms with van der Waals surface area (Å²) >= 11 is 0. The number of pyridine rings is 1. The highest BCUT2D eigenvalue weighted by Crippen LogP contribution is 2.29. The number of furan rings is 1. The predicted molar refractivity (Wildman–Crippen MR) is 136 cm³/mol. The summed E-state index contributed by atoms with van der Waals surface area (Å²) in [6.07, 6.45) is 5.70. The number of rotatable bonds is 6. The molecule has 1 N–H and O–H groups in total. The molecule has 0 atom stereocenters. The molecule has 0 fully saturated rings. The van der Waals surface area contributed by atoms with Gasteiger partial charge >= 0.3 is 0 Å². The molecule has 2 aromatic carbocycles. The van der Waals surface area contributed by atoms with E-state index in [-0.39, 0.29) is 18.2 Å². The number of aldehydes is 1. The second kappa shape index (κ2) is 9.36. The van der Waals surface area contributed by atoms with E-state index < -0.39 is 0 Å². The van der Waals surface area contributed by atoms with Crippen LogP contribution in [0.1, 0.15) is 16.1 Å². The van der Waals surface area contributed by atoms with Gasteiger partial charge < -0.3 is 9.73 Å².